The molecule has 4 heterocycles. The zero-order valence-corrected chi connectivity index (χ0v) is 44.9. The van der Waals surface area contributed by atoms with E-state index in [2.05, 4.69) is 119 Å². The summed E-state index contributed by atoms with van der Waals surface area (Å²) in [6.45, 7) is 14.6. The summed E-state index contributed by atoms with van der Waals surface area (Å²) in [4.78, 5) is 69.2. The van der Waals surface area contributed by atoms with Crippen molar-refractivity contribution in [3.63, 3.8) is 0 Å². The van der Waals surface area contributed by atoms with Crippen molar-refractivity contribution < 1.29 is 19.1 Å². The number of nitrogens with zero attached hydrogens (tertiary/aromatic N) is 2. The Balaban J connectivity index is 0.863. The number of benzene rings is 2. The Morgan fingerprint density at radius 1 is 0.603 bits per heavy atom. The van der Waals surface area contributed by atoms with Gasteiger partial charge in [-0.2, -0.15) is 0 Å². The number of amides is 4. The predicted octanol–water partition coefficient (Wildman–Crippen LogP) is 13.6. The van der Waals surface area contributed by atoms with Gasteiger partial charge < -0.3 is 20.1 Å². The Bertz CT molecular complexity index is 2720. The van der Waals surface area contributed by atoms with Crippen LogP contribution in [0.4, 0.5) is 21.5 Å². The maximum Gasteiger partial charge on any atom is 0.321 e. The highest BCUT2D eigenvalue weighted by atomic mass is 32.1. The molecule has 6 aromatic rings. The molecule has 2 atom stereocenters. The smallest absolute Gasteiger partial charge is 0.321 e. The highest BCUT2D eigenvalue weighted by Crippen LogP contribution is 2.47. The summed E-state index contributed by atoms with van der Waals surface area (Å²) in [5, 5.41) is 11.0. The summed E-state index contributed by atoms with van der Waals surface area (Å²) in [7, 11) is 0. The second-order valence-electron chi connectivity index (χ2n) is 18.7. The third kappa shape index (κ3) is 15.3. The van der Waals surface area contributed by atoms with Crippen molar-refractivity contribution in [3.8, 4) is 32.4 Å². The summed E-state index contributed by atoms with van der Waals surface area (Å²) in [6.07, 6.45) is 12.4. The average Bonchev–Trinajstić information content (AvgIpc) is 4.12. The first-order valence-electron chi connectivity index (χ1n) is 26.2. The maximum absolute atomic E-state index is 12.6. The molecule has 1 aliphatic rings. The first-order valence-corrected chi connectivity index (χ1v) is 27.8. The molecule has 1 aliphatic carbocycles. The number of carbonyl (C=O) groups is 2. The number of H-pyrrole nitrogens is 2. The zero-order chi connectivity index (χ0) is 51.7. The van der Waals surface area contributed by atoms with E-state index in [9.17, 15) is 19.2 Å². The monoisotopic (exact) mass is 1030 g/mol. The fourth-order valence-corrected chi connectivity index (χ4v) is 11.5. The minimum atomic E-state index is -0.425. The van der Waals surface area contributed by atoms with Gasteiger partial charge in [-0.1, -0.05) is 53.4 Å². The van der Waals surface area contributed by atoms with Crippen LogP contribution in [0.5, 0.6) is 11.5 Å². The van der Waals surface area contributed by atoms with Crippen molar-refractivity contribution in [1.29, 1.82) is 0 Å². The van der Waals surface area contributed by atoms with Crippen LogP contribution in [-0.4, -0.2) is 58.3 Å². The molecule has 0 aliphatic heterocycles. The molecule has 7 rings (SSSR count). The van der Waals surface area contributed by atoms with E-state index in [4.69, 9.17) is 9.47 Å². The molecule has 2 aromatic carbocycles. The van der Waals surface area contributed by atoms with Crippen LogP contribution >= 0.6 is 22.7 Å². The standard InChI is InChI=1S/C57H72N8O6S2/c1-7-11-16-38(9-3)48-34-52(66)62-54(60-48)64-56(68)58-28-14-30-70-42-24-20-40(21-25-42)50-32-46(36(5)72-50)44-18-13-19-45(44)47-33-51(73-37(47)6)41-22-26-43(27-23-41)71-31-15-29-59-57(69)65-55-61-49(35-53(67)63-55)39(10-4)17-12-8-2/h20-27,32-35,38-39H,7-19,28-31H2,1-6H3,(H3,58,60,62,64,66,68)(H3,59,61,63,65,67,69). The molecule has 0 bridgehead atoms. The van der Waals surface area contributed by atoms with Crippen LogP contribution in [0.3, 0.4) is 0 Å². The third-order valence-corrected chi connectivity index (χ3v) is 15.6. The molecule has 0 saturated carbocycles. The van der Waals surface area contributed by atoms with Crippen molar-refractivity contribution in [2.24, 2.45) is 0 Å². The lowest BCUT2D eigenvalue weighted by Crippen LogP contribution is -2.32. The molecule has 73 heavy (non-hydrogen) atoms. The molecule has 6 N–H and O–H groups in total. The molecule has 0 fully saturated rings. The second-order valence-corrected chi connectivity index (χ2v) is 21.2. The van der Waals surface area contributed by atoms with E-state index in [-0.39, 0.29) is 34.9 Å². The number of rotatable bonds is 26. The normalized spacial score (nSPS) is 13.2. The summed E-state index contributed by atoms with van der Waals surface area (Å²) in [6, 6.07) is 23.4. The summed E-state index contributed by atoms with van der Waals surface area (Å²) < 4.78 is 12.0. The van der Waals surface area contributed by atoms with Gasteiger partial charge in [0.25, 0.3) is 11.1 Å². The lowest BCUT2D eigenvalue weighted by Gasteiger charge is -2.15. The van der Waals surface area contributed by atoms with E-state index in [0.29, 0.717) is 50.5 Å². The van der Waals surface area contributed by atoms with Gasteiger partial charge in [0.15, 0.2) is 0 Å². The topological polar surface area (TPSA) is 192 Å². The molecule has 0 radical (unpaired) electrons. The molecular formula is C57H72N8O6S2. The van der Waals surface area contributed by atoms with Crippen LogP contribution in [0.2, 0.25) is 0 Å². The fourth-order valence-electron chi connectivity index (χ4n) is 9.36. The highest BCUT2D eigenvalue weighted by Gasteiger charge is 2.24. The Labute approximate surface area is 437 Å². The summed E-state index contributed by atoms with van der Waals surface area (Å²) in [5.41, 5.74) is 8.72. The van der Waals surface area contributed by atoms with Crippen LogP contribution < -0.4 is 41.9 Å². The number of hydrogen-bond donors (Lipinski definition) is 6. The third-order valence-electron chi connectivity index (χ3n) is 13.4. The Morgan fingerprint density at radius 3 is 1.40 bits per heavy atom. The fraction of sp³-hybridized carbons (Fsp3) is 0.439. The first kappa shape index (κ1) is 54.3. The second kappa shape index (κ2) is 27.0. The number of aryl methyl sites for hydroxylation is 2. The number of hydrogen-bond acceptors (Lipinski definition) is 10. The number of aromatic amines is 2. The molecule has 4 aromatic heterocycles. The SMILES string of the molecule is CCCCC(CC)c1cc(=O)[nH]c(NC(=O)NCCCOc2ccc(-c3cc(C4=C(c5cc(-c6ccc(OCCCNC(=O)Nc7nc(C(CC)CCCC)cc(=O)[nH]7)cc6)sc5C)CCC4)c(C)s3)cc2)n1. The van der Waals surface area contributed by atoms with Crippen molar-refractivity contribution >= 4 is 57.8 Å². The lowest BCUT2D eigenvalue weighted by molar-refractivity contribution is 0.249. The summed E-state index contributed by atoms with van der Waals surface area (Å²) in [5.74, 6) is 2.22. The number of carbonyl (C=O) groups excluding carboxylic acids is 2. The Hall–Kier alpha value is -6.52. The molecule has 0 spiro atoms. The first-order chi connectivity index (χ1) is 35.4. The number of aromatic nitrogens is 4. The van der Waals surface area contributed by atoms with E-state index < -0.39 is 12.1 Å². The number of nitrogens with one attached hydrogen (secondary N) is 6. The molecule has 14 nitrogen and oxygen atoms in total. The van der Waals surface area contributed by atoms with Gasteiger partial charge in [0.05, 0.1) is 24.6 Å². The van der Waals surface area contributed by atoms with Gasteiger partial charge in [0.1, 0.15) is 11.5 Å². The van der Waals surface area contributed by atoms with E-state index in [1.807, 2.05) is 46.9 Å². The number of unbranched alkanes of at least 4 members (excludes halogenated alkanes) is 2. The Morgan fingerprint density at radius 2 is 1.01 bits per heavy atom. The quantitative estimate of drug-likeness (QED) is 0.0289. The van der Waals surface area contributed by atoms with E-state index >= 15 is 0 Å². The zero-order valence-electron chi connectivity index (χ0n) is 43.3. The van der Waals surface area contributed by atoms with Crippen LogP contribution in [0, 0.1) is 13.8 Å². The summed E-state index contributed by atoms with van der Waals surface area (Å²) >= 11 is 3.65. The minimum Gasteiger partial charge on any atom is -0.494 e. The Kier molecular flexibility index (Phi) is 20.0. The molecule has 4 amide bonds. The van der Waals surface area contributed by atoms with Gasteiger partial charge in [-0.15, -0.1) is 22.7 Å². The van der Waals surface area contributed by atoms with Crippen molar-refractivity contribution in [2.75, 3.05) is 36.9 Å². The number of urea groups is 2. The highest BCUT2D eigenvalue weighted by molar-refractivity contribution is 7.16. The lowest BCUT2D eigenvalue weighted by atomic mass is 9.96. The molecular weight excluding hydrogens is 957 g/mol. The maximum atomic E-state index is 12.6. The largest absolute Gasteiger partial charge is 0.494 e. The van der Waals surface area contributed by atoms with Crippen LogP contribution in [-0.2, 0) is 0 Å². The van der Waals surface area contributed by atoms with Crippen molar-refractivity contribution in [1.82, 2.24) is 30.6 Å². The van der Waals surface area contributed by atoms with Crippen molar-refractivity contribution in [2.45, 2.75) is 137 Å². The number of anilines is 2. The van der Waals surface area contributed by atoms with Crippen molar-refractivity contribution in [3.05, 3.63) is 126 Å². The molecule has 0 saturated heterocycles. The van der Waals surface area contributed by atoms with E-state index in [1.165, 1.54) is 53.9 Å². The molecule has 16 heteroatoms. The predicted molar refractivity (Wildman–Crippen MR) is 299 cm³/mol. The number of thiophene rings is 2. The number of allylic oxidation sites excluding steroid dienone is 2. The molecule has 388 valence electrons. The van der Waals surface area contributed by atoms with Gasteiger partial charge >= 0.3 is 12.1 Å². The number of ether oxygens (including phenoxy) is 2. The van der Waals surface area contributed by atoms with E-state index in [1.54, 1.807) is 0 Å². The van der Waals surface area contributed by atoms with Crippen LogP contribution in [0.25, 0.3) is 32.0 Å². The van der Waals surface area contributed by atoms with Crippen LogP contribution in [0.15, 0.2) is 82.4 Å². The van der Waals surface area contributed by atoms with Gasteiger partial charge in [-0.25, -0.2) is 19.6 Å². The van der Waals surface area contributed by atoms with Gasteiger partial charge in [0.2, 0.25) is 11.9 Å². The van der Waals surface area contributed by atoms with Gasteiger partial charge in [-0.3, -0.25) is 30.2 Å². The van der Waals surface area contributed by atoms with Gasteiger partial charge in [0, 0.05) is 56.6 Å². The minimum absolute atomic E-state index is 0.156. The van der Waals surface area contributed by atoms with Crippen LogP contribution in [0.1, 0.15) is 155 Å². The molecule has 2 unspecified atom stereocenters. The van der Waals surface area contributed by atoms with E-state index in [0.717, 1.165) is 93.3 Å². The van der Waals surface area contributed by atoms with Gasteiger partial charge in [-0.05, 0) is 166 Å². The average molecular weight is 1030 g/mol.